The average molecular weight is 380 g/mol. The summed E-state index contributed by atoms with van der Waals surface area (Å²) in [6.07, 6.45) is 1.82. The molecule has 1 aromatic heterocycles. The Hall–Kier alpha value is -2.52. The number of halogens is 1. The normalized spacial score (nSPS) is 17.8. The van der Waals surface area contributed by atoms with Gasteiger partial charge in [-0.2, -0.15) is 4.98 Å². The summed E-state index contributed by atoms with van der Waals surface area (Å²) in [5.41, 5.74) is -0.103. The molecule has 0 bridgehead atoms. The van der Waals surface area contributed by atoms with Crippen molar-refractivity contribution in [3.8, 4) is 0 Å². The van der Waals surface area contributed by atoms with Crippen LogP contribution in [0.15, 0.2) is 22.7 Å². The van der Waals surface area contributed by atoms with Gasteiger partial charge in [-0.1, -0.05) is 16.8 Å². The van der Waals surface area contributed by atoms with Crippen LogP contribution in [0.4, 0.5) is 11.4 Å². The lowest BCUT2D eigenvalue weighted by molar-refractivity contribution is -0.383. The molecule has 1 N–H and O–H groups in total. The molecule has 2 aromatic rings. The van der Waals surface area contributed by atoms with Crippen molar-refractivity contribution in [2.45, 2.75) is 25.7 Å². The van der Waals surface area contributed by atoms with Gasteiger partial charge in [-0.05, 0) is 38.4 Å². The number of amides is 1. The third kappa shape index (κ3) is 4.36. The number of aryl methyl sites for hydroxylation is 1. The van der Waals surface area contributed by atoms with Gasteiger partial charge in [0.25, 0.3) is 5.69 Å². The van der Waals surface area contributed by atoms with E-state index >= 15 is 0 Å². The molecule has 138 valence electrons. The number of nitrogens with one attached hydrogen (secondary N) is 1. The Morgan fingerprint density at radius 3 is 3.04 bits per heavy atom. The molecule has 1 fully saturated rings. The number of nitro groups is 1. The number of hydrogen-bond acceptors (Lipinski definition) is 7. The van der Waals surface area contributed by atoms with E-state index in [9.17, 15) is 14.9 Å². The van der Waals surface area contributed by atoms with Gasteiger partial charge in [-0.3, -0.25) is 19.8 Å². The predicted octanol–water partition coefficient (Wildman–Crippen LogP) is 2.76. The molecule has 1 amide bonds. The number of nitrogens with zero attached hydrogens (tertiary/aromatic N) is 4. The second-order valence-electron chi connectivity index (χ2n) is 6.22. The first-order valence-corrected chi connectivity index (χ1v) is 8.56. The molecule has 0 aliphatic carbocycles. The van der Waals surface area contributed by atoms with Crippen LogP contribution in [-0.2, 0) is 4.79 Å². The van der Waals surface area contributed by atoms with Gasteiger partial charge < -0.3 is 9.84 Å². The van der Waals surface area contributed by atoms with Gasteiger partial charge in [0.05, 0.1) is 17.4 Å². The molecule has 1 saturated heterocycles. The highest BCUT2D eigenvalue weighted by Gasteiger charge is 2.27. The standard InChI is InChI=1S/C16H18ClN5O4/c1-10-18-16(26-20-10)11-3-2-6-21(8-11)9-15(23)19-13-5-4-12(17)7-14(13)22(24)25/h4-5,7,11H,2-3,6,8-9H2,1H3,(H,19,23). The van der Waals surface area contributed by atoms with Gasteiger partial charge in [0.15, 0.2) is 5.82 Å². The van der Waals surface area contributed by atoms with Crippen LogP contribution in [0.1, 0.15) is 30.5 Å². The second-order valence-corrected chi connectivity index (χ2v) is 6.66. The Balaban J connectivity index is 1.62. The Morgan fingerprint density at radius 1 is 1.54 bits per heavy atom. The lowest BCUT2D eigenvalue weighted by Gasteiger charge is -2.30. The van der Waals surface area contributed by atoms with Gasteiger partial charge in [0.1, 0.15) is 5.69 Å². The Bertz CT molecular complexity index is 825. The number of carbonyl (C=O) groups excluding carboxylic acids is 1. The van der Waals surface area contributed by atoms with Crippen LogP contribution in [0.5, 0.6) is 0 Å². The number of nitro benzene ring substituents is 1. The topological polar surface area (TPSA) is 114 Å². The van der Waals surface area contributed by atoms with Gasteiger partial charge in [0.2, 0.25) is 11.8 Å². The van der Waals surface area contributed by atoms with Crippen molar-refractivity contribution in [1.82, 2.24) is 15.0 Å². The largest absolute Gasteiger partial charge is 0.339 e. The maximum atomic E-state index is 12.3. The van der Waals surface area contributed by atoms with Crippen molar-refractivity contribution >= 4 is 28.9 Å². The first-order valence-electron chi connectivity index (χ1n) is 8.18. The van der Waals surface area contributed by atoms with Gasteiger partial charge >= 0.3 is 0 Å². The van der Waals surface area contributed by atoms with Gasteiger partial charge in [0, 0.05) is 17.6 Å². The molecule has 1 aliphatic rings. The molecule has 0 spiro atoms. The fourth-order valence-electron chi connectivity index (χ4n) is 3.03. The maximum Gasteiger partial charge on any atom is 0.294 e. The summed E-state index contributed by atoms with van der Waals surface area (Å²) in [4.78, 5) is 29.1. The predicted molar refractivity (Wildman–Crippen MR) is 94.2 cm³/mol. The number of hydrogen-bond donors (Lipinski definition) is 1. The van der Waals surface area contributed by atoms with Crippen LogP contribution < -0.4 is 5.32 Å². The zero-order chi connectivity index (χ0) is 18.7. The highest BCUT2D eigenvalue weighted by Crippen LogP contribution is 2.28. The van der Waals surface area contributed by atoms with Crippen LogP contribution in [0.2, 0.25) is 5.02 Å². The number of aromatic nitrogens is 2. The number of piperidine rings is 1. The molecule has 1 unspecified atom stereocenters. The Morgan fingerprint density at radius 2 is 2.35 bits per heavy atom. The molecular weight excluding hydrogens is 362 g/mol. The highest BCUT2D eigenvalue weighted by molar-refractivity contribution is 6.31. The smallest absolute Gasteiger partial charge is 0.294 e. The Kier molecular flexibility index (Phi) is 5.48. The van der Waals surface area contributed by atoms with Gasteiger partial charge in [-0.25, -0.2) is 0 Å². The summed E-state index contributed by atoms with van der Waals surface area (Å²) in [5.74, 6) is 0.936. The SMILES string of the molecule is Cc1noc(C2CCCN(CC(=O)Nc3ccc(Cl)cc3[N+](=O)[O-])C2)n1. The van der Waals surface area contributed by atoms with Crippen molar-refractivity contribution in [1.29, 1.82) is 0 Å². The van der Waals surface area contributed by atoms with E-state index in [0.29, 0.717) is 18.3 Å². The van der Waals surface area contributed by atoms with E-state index < -0.39 is 4.92 Å². The second kappa shape index (κ2) is 7.79. The van der Waals surface area contributed by atoms with E-state index in [1.165, 1.54) is 18.2 Å². The minimum atomic E-state index is -0.573. The maximum absolute atomic E-state index is 12.3. The summed E-state index contributed by atoms with van der Waals surface area (Å²) in [5, 5.41) is 17.7. The summed E-state index contributed by atoms with van der Waals surface area (Å²) in [6, 6.07) is 4.14. The summed E-state index contributed by atoms with van der Waals surface area (Å²) in [6.45, 7) is 3.28. The highest BCUT2D eigenvalue weighted by atomic mass is 35.5. The number of benzene rings is 1. The molecule has 1 aromatic carbocycles. The van der Waals surface area contributed by atoms with E-state index in [-0.39, 0.29) is 34.8 Å². The molecule has 9 nitrogen and oxygen atoms in total. The average Bonchev–Trinajstić information content (AvgIpc) is 3.03. The fourth-order valence-corrected chi connectivity index (χ4v) is 3.20. The molecule has 26 heavy (non-hydrogen) atoms. The third-order valence-electron chi connectivity index (χ3n) is 4.20. The zero-order valence-electron chi connectivity index (χ0n) is 14.1. The van der Waals surface area contributed by atoms with Crippen LogP contribution in [0.25, 0.3) is 0 Å². The van der Waals surface area contributed by atoms with Crippen LogP contribution in [0.3, 0.4) is 0 Å². The molecule has 3 rings (SSSR count). The van der Waals surface area contributed by atoms with Crippen LogP contribution in [-0.4, -0.2) is 45.5 Å². The quantitative estimate of drug-likeness (QED) is 0.627. The van der Waals surface area contributed by atoms with Crippen molar-refractivity contribution in [2.24, 2.45) is 0 Å². The van der Waals surface area contributed by atoms with E-state index in [0.717, 1.165) is 19.4 Å². The number of carbonyl (C=O) groups is 1. The Labute approximate surface area is 154 Å². The summed E-state index contributed by atoms with van der Waals surface area (Å²) < 4.78 is 5.23. The van der Waals surface area contributed by atoms with E-state index in [1.54, 1.807) is 6.92 Å². The minimum absolute atomic E-state index is 0.0858. The summed E-state index contributed by atoms with van der Waals surface area (Å²) in [7, 11) is 0. The first-order chi connectivity index (χ1) is 12.4. The molecule has 1 aliphatic heterocycles. The zero-order valence-corrected chi connectivity index (χ0v) is 14.9. The van der Waals surface area contributed by atoms with Crippen LogP contribution in [0, 0.1) is 17.0 Å². The molecule has 1 atom stereocenters. The molecule has 0 radical (unpaired) electrons. The monoisotopic (exact) mass is 379 g/mol. The third-order valence-corrected chi connectivity index (χ3v) is 4.43. The molecule has 0 saturated carbocycles. The van der Waals surface area contributed by atoms with Crippen LogP contribution >= 0.6 is 11.6 Å². The fraction of sp³-hybridized carbons (Fsp3) is 0.438. The molecule has 10 heteroatoms. The molecule has 2 heterocycles. The van der Waals surface area contributed by atoms with Crippen molar-refractivity contribution < 1.29 is 14.2 Å². The molecular formula is C16H18ClN5O4. The van der Waals surface area contributed by atoms with Crippen molar-refractivity contribution in [3.63, 3.8) is 0 Å². The number of rotatable bonds is 5. The van der Waals surface area contributed by atoms with E-state index in [1.807, 2.05) is 4.90 Å². The first kappa shape index (κ1) is 18.3. The lowest BCUT2D eigenvalue weighted by Crippen LogP contribution is -2.39. The number of likely N-dealkylation sites (tertiary alicyclic amines) is 1. The van der Waals surface area contributed by atoms with Crippen molar-refractivity contribution in [3.05, 3.63) is 45.1 Å². The lowest BCUT2D eigenvalue weighted by atomic mass is 9.98. The summed E-state index contributed by atoms with van der Waals surface area (Å²) >= 11 is 5.78. The van der Waals surface area contributed by atoms with Crippen molar-refractivity contribution in [2.75, 3.05) is 25.0 Å². The number of anilines is 1. The van der Waals surface area contributed by atoms with E-state index in [4.69, 9.17) is 16.1 Å². The van der Waals surface area contributed by atoms with E-state index in [2.05, 4.69) is 15.5 Å². The minimum Gasteiger partial charge on any atom is -0.339 e. The van der Waals surface area contributed by atoms with Gasteiger partial charge in [-0.15, -0.1) is 0 Å².